The Bertz CT molecular complexity index is 1560. The Kier molecular flexibility index (Phi) is 9.05. The highest BCUT2D eigenvalue weighted by atomic mass is 31.2. The van der Waals surface area contributed by atoms with Crippen molar-refractivity contribution < 1.29 is 33.3 Å². The van der Waals surface area contributed by atoms with Crippen LogP contribution in [0.25, 0.3) is 11.2 Å². The van der Waals surface area contributed by atoms with Crippen LogP contribution in [0.15, 0.2) is 28.2 Å². The second-order valence-corrected chi connectivity index (χ2v) is 11.8. The lowest BCUT2D eigenvalue weighted by molar-refractivity contribution is -0.0522. The molecule has 230 valence electrons. The second-order valence-electron chi connectivity index (χ2n) is 10.00. The normalized spacial score (nSPS) is 27.5. The molecule has 19 heteroatoms. The van der Waals surface area contributed by atoms with Gasteiger partial charge in [0.2, 0.25) is 5.95 Å². The van der Waals surface area contributed by atoms with Gasteiger partial charge in [-0.05, 0) is 12.5 Å². The number of imidazole rings is 1. The third-order valence-electron chi connectivity index (χ3n) is 7.01. The van der Waals surface area contributed by atoms with Gasteiger partial charge < -0.3 is 31.2 Å². The monoisotopic (exact) mass is 611 g/mol. The number of anilines is 2. The Morgan fingerprint density at radius 3 is 2.69 bits per heavy atom. The predicted octanol–water partition coefficient (Wildman–Crippen LogP) is -0.631. The summed E-state index contributed by atoms with van der Waals surface area (Å²) >= 11 is 0. The van der Waals surface area contributed by atoms with Gasteiger partial charge >= 0.3 is 13.4 Å². The van der Waals surface area contributed by atoms with Crippen molar-refractivity contribution in [3.05, 3.63) is 39.4 Å². The Hall–Kier alpha value is -3.22. The van der Waals surface area contributed by atoms with Crippen molar-refractivity contribution >= 4 is 30.7 Å². The van der Waals surface area contributed by atoms with Crippen LogP contribution in [-0.2, 0) is 23.1 Å². The number of H-pyrrole nitrogens is 1. The number of aliphatic hydroxyl groups excluding tert-OH is 2. The Balaban J connectivity index is 1.29. The maximum Gasteiger partial charge on any atom is 0.405 e. The van der Waals surface area contributed by atoms with Crippen LogP contribution < -0.4 is 27.8 Å². The highest BCUT2D eigenvalue weighted by molar-refractivity contribution is 7.51. The number of nitrogens with two attached hydrogens (primary N) is 2. The molecule has 8 N–H and O–H groups in total. The van der Waals surface area contributed by atoms with Gasteiger partial charge in [-0.15, -0.1) is 0 Å². The fraction of sp³-hybridized carbons (Fsp3) is 0.609. The van der Waals surface area contributed by atoms with Gasteiger partial charge in [0.1, 0.15) is 36.6 Å². The molecule has 0 amide bonds. The van der Waals surface area contributed by atoms with Gasteiger partial charge in [0.05, 0.1) is 25.6 Å². The smallest absolute Gasteiger partial charge is 0.394 e. The number of aromatic nitrogens is 6. The standard InChI is InChI=1S/C23H34N9O9P/c1-2-3-5-27-42(37,38-10-15-12(34)7-17(40-15)31-6-4-16(24)28-23(31)36)41-13-8-18(39-14(13)9-33)32-11-26-19-20(32)29-22(25)30-21(19)35/h4,6,11-15,17-18,33-34H,2-3,5,7-10H2,1H3,(H,27,37)(H2,24,28,36)(H3,25,29,30,35). The quantitative estimate of drug-likeness (QED) is 0.110. The molecule has 2 aliphatic heterocycles. The Morgan fingerprint density at radius 2 is 1.95 bits per heavy atom. The number of hydrogen-bond donors (Lipinski definition) is 6. The molecular weight excluding hydrogens is 577 g/mol. The number of nitrogen functional groups attached to an aromatic ring is 2. The van der Waals surface area contributed by atoms with Crippen molar-refractivity contribution in [1.82, 2.24) is 34.2 Å². The van der Waals surface area contributed by atoms with Gasteiger partial charge in [-0.25, -0.2) is 19.4 Å². The summed E-state index contributed by atoms with van der Waals surface area (Å²) < 4.78 is 40.0. The minimum atomic E-state index is -4.05. The second kappa shape index (κ2) is 12.6. The molecular formula is C23H34N9O9P. The summed E-state index contributed by atoms with van der Waals surface area (Å²) in [6, 6.07) is 1.44. The van der Waals surface area contributed by atoms with Crippen LogP contribution >= 0.6 is 7.75 Å². The molecule has 2 saturated heterocycles. The van der Waals surface area contributed by atoms with Gasteiger partial charge in [-0.1, -0.05) is 13.3 Å². The molecule has 0 saturated carbocycles. The van der Waals surface area contributed by atoms with Crippen molar-refractivity contribution in [2.45, 2.75) is 69.5 Å². The zero-order chi connectivity index (χ0) is 30.0. The molecule has 3 aromatic rings. The van der Waals surface area contributed by atoms with E-state index in [4.69, 9.17) is 30.0 Å². The molecule has 3 aromatic heterocycles. The molecule has 0 radical (unpaired) electrons. The van der Waals surface area contributed by atoms with Gasteiger partial charge in [0.25, 0.3) is 5.56 Å². The van der Waals surface area contributed by atoms with E-state index in [0.29, 0.717) is 13.0 Å². The first-order valence-corrected chi connectivity index (χ1v) is 15.0. The average molecular weight is 612 g/mol. The predicted molar refractivity (Wildman–Crippen MR) is 147 cm³/mol. The molecule has 0 spiro atoms. The molecule has 0 bridgehead atoms. The first-order chi connectivity index (χ1) is 20.1. The molecule has 7 atom stereocenters. The molecule has 0 aromatic carbocycles. The van der Waals surface area contributed by atoms with Crippen LogP contribution in [0.3, 0.4) is 0 Å². The average Bonchev–Trinajstić information content (AvgIpc) is 3.64. The molecule has 5 rings (SSSR count). The summed E-state index contributed by atoms with van der Waals surface area (Å²) in [6.45, 7) is 1.47. The zero-order valence-corrected chi connectivity index (χ0v) is 23.6. The van der Waals surface area contributed by atoms with E-state index in [9.17, 15) is 24.4 Å². The molecule has 18 nitrogen and oxygen atoms in total. The summed E-state index contributed by atoms with van der Waals surface area (Å²) in [6.07, 6.45) is -0.954. The first-order valence-electron chi connectivity index (χ1n) is 13.5. The zero-order valence-electron chi connectivity index (χ0n) is 22.7. The van der Waals surface area contributed by atoms with E-state index in [-0.39, 0.29) is 42.4 Å². The van der Waals surface area contributed by atoms with Crippen LogP contribution in [-0.4, -0.2) is 83.5 Å². The maximum atomic E-state index is 13.9. The van der Waals surface area contributed by atoms with E-state index >= 15 is 0 Å². The number of aromatic amines is 1. The topological polar surface area (TPSA) is 257 Å². The first kappa shape index (κ1) is 30.2. The van der Waals surface area contributed by atoms with E-state index in [1.807, 2.05) is 6.92 Å². The SMILES string of the molecule is CCCCNP(=O)(OCC1OC(n2ccc(N)nc2=O)CC1O)OC1CC(n2cnc3c(=O)[nH]c(N)nc32)OC1CO. The highest BCUT2D eigenvalue weighted by Gasteiger charge is 2.44. The molecule has 42 heavy (non-hydrogen) atoms. The van der Waals surface area contributed by atoms with Crippen LogP contribution in [0.5, 0.6) is 0 Å². The third-order valence-corrected chi connectivity index (χ3v) is 8.65. The van der Waals surface area contributed by atoms with E-state index in [2.05, 4.69) is 25.0 Å². The van der Waals surface area contributed by atoms with Gasteiger partial charge in [0.15, 0.2) is 11.2 Å². The number of aliphatic hydroxyl groups is 2. The lowest BCUT2D eigenvalue weighted by Gasteiger charge is -2.26. The number of nitrogens with zero attached hydrogens (tertiary/aromatic N) is 5. The lowest BCUT2D eigenvalue weighted by Crippen LogP contribution is -2.32. The number of unbranched alkanes of at least 4 members (excludes halogenated alkanes) is 1. The summed E-state index contributed by atoms with van der Waals surface area (Å²) in [7, 11) is -4.05. The van der Waals surface area contributed by atoms with E-state index in [1.54, 1.807) is 0 Å². The minimum absolute atomic E-state index is 0.0541. The van der Waals surface area contributed by atoms with Gasteiger partial charge in [0, 0.05) is 25.6 Å². The fourth-order valence-electron chi connectivity index (χ4n) is 4.84. The van der Waals surface area contributed by atoms with Crippen molar-refractivity contribution in [2.75, 3.05) is 31.2 Å². The van der Waals surface area contributed by atoms with Crippen LogP contribution in [0.2, 0.25) is 0 Å². The number of nitrogens with one attached hydrogen (secondary N) is 2. The summed E-state index contributed by atoms with van der Waals surface area (Å²) in [5.74, 6) is -0.0478. The Morgan fingerprint density at radius 1 is 1.19 bits per heavy atom. The number of fused-ring (bicyclic) bond motifs is 1. The largest absolute Gasteiger partial charge is 0.405 e. The summed E-state index contributed by atoms with van der Waals surface area (Å²) in [4.78, 5) is 38.7. The highest BCUT2D eigenvalue weighted by Crippen LogP contribution is 2.49. The molecule has 2 aliphatic rings. The molecule has 7 unspecified atom stereocenters. The van der Waals surface area contributed by atoms with Crippen molar-refractivity contribution in [1.29, 1.82) is 0 Å². The molecule has 5 heterocycles. The number of hydrogen-bond acceptors (Lipinski definition) is 14. The summed E-state index contributed by atoms with van der Waals surface area (Å²) in [5, 5.41) is 23.4. The van der Waals surface area contributed by atoms with Crippen molar-refractivity contribution in [3.63, 3.8) is 0 Å². The lowest BCUT2D eigenvalue weighted by atomic mass is 10.2. The van der Waals surface area contributed by atoms with E-state index in [1.165, 1.54) is 27.7 Å². The van der Waals surface area contributed by atoms with Crippen LogP contribution in [0, 0.1) is 0 Å². The fourth-order valence-corrected chi connectivity index (χ4v) is 6.42. The van der Waals surface area contributed by atoms with E-state index < -0.39 is 62.5 Å². The van der Waals surface area contributed by atoms with Crippen LogP contribution in [0.4, 0.5) is 11.8 Å². The molecule has 2 fully saturated rings. The summed E-state index contributed by atoms with van der Waals surface area (Å²) in [5.41, 5.74) is 10.3. The molecule has 0 aliphatic carbocycles. The Labute approximate surface area is 238 Å². The number of rotatable bonds is 12. The van der Waals surface area contributed by atoms with Gasteiger partial charge in [-0.3, -0.25) is 28.0 Å². The van der Waals surface area contributed by atoms with Crippen LogP contribution in [0.1, 0.15) is 45.1 Å². The van der Waals surface area contributed by atoms with Crippen molar-refractivity contribution in [2.24, 2.45) is 0 Å². The maximum absolute atomic E-state index is 13.9. The van der Waals surface area contributed by atoms with E-state index in [0.717, 1.165) is 6.42 Å². The third kappa shape index (κ3) is 6.40. The number of ether oxygens (including phenoxy) is 2. The van der Waals surface area contributed by atoms with Crippen molar-refractivity contribution in [3.8, 4) is 0 Å². The van der Waals surface area contributed by atoms with Gasteiger partial charge in [-0.2, -0.15) is 9.97 Å². The minimum Gasteiger partial charge on any atom is -0.394 e.